The van der Waals surface area contributed by atoms with E-state index in [2.05, 4.69) is 32.6 Å². The lowest BCUT2D eigenvalue weighted by Gasteiger charge is -2.22. The SMILES string of the molecule is CCn1ncc(Br)c1C1CCCCCC1N. The van der Waals surface area contributed by atoms with E-state index in [1.807, 2.05) is 6.20 Å². The maximum atomic E-state index is 6.30. The highest BCUT2D eigenvalue weighted by Gasteiger charge is 2.26. The van der Waals surface area contributed by atoms with E-state index in [-0.39, 0.29) is 0 Å². The van der Waals surface area contributed by atoms with Crippen molar-refractivity contribution in [3.05, 3.63) is 16.4 Å². The summed E-state index contributed by atoms with van der Waals surface area (Å²) >= 11 is 3.61. The Balaban J connectivity index is 2.29. The van der Waals surface area contributed by atoms with E-state index in [4.69, 9.17) is 5.73 Å². The van der Waals surface area contributed by atoms with Gasteiger partial charge in [0.15, 0.2) is 0 Å². The van der Waals surface area contributed by atoms with E-state index in [9.17, 15) is 0 Å². The van der Waals surface area contributed by atoms with E-state index < -0.39 is 0 Å². The molecule has 0 aliphatic heterocycles. The second-order valence-electron chi connectivity index (χ2n) is 4.60. The minimum absolute atomic E-state index is 0.292. The summed E-state index contributed by atoms with van der Waals surface area (Å²) in [5.41, 5.74) is 7.60. The first-order chi connectivity index (χ1) is 7.74. The van der Waals surface area contributed by atoms with E-state index in [0.29, 0.717) is 12.0 Å². The summed E-state index contributed by atoms with van der Waals surface area (Å²) in [4.78, 5) is 0. The fourth-order valence-electron chi connectivity index (χ4n) is 2.67. The first-order valence-electron chi connectivity index (χ1n) is 6.20. The van der Waals surface area contributed by atoms with Crippen LogP contribution in [-0.4, -0.2) is 15.8 Å². The molecule has 4 heteroatoms. The standard InChI is InChI=1S/C12H20BrN3/c1-2-16-12(10(13)8-15-16)9-6-4-3-5-7-11(9)14/h8-9,11H,2-7,14H2,1H3. The van der Waals surface area contributed by atoms with Crippen LogP contribution in [0.5, 0.6) is 0 Å². The van der Waals surface area contributed by atoms with Crippen molar-refractivity contribution in [3.63, 3.8) is 0 Å². The second kappa shape index (κ2) is 5.32. The second-order valence-corrected chi connectivity index (χ2v) is 5.46. The highest BCUT2D eigenvalue weighted by atomic mass is 79.9. The first kappa shape index (κ1) is 12.1. The molecule has 1 fully saturated rings. The summed E-state index contributed by atoms with van der Waals surface area (Å²) in [5.74, 6) is 0.472. The van der Waals surface area contributed by atoms with E-state index in [1.165, 1.54) is 31.4 Å². The Bertz CT molecular complexity index is 348. The molecule has 0 amide bonds. The van der Waals surface area contributed by atoms with Crippen LogP contribution in [0, 0.1) is 0 Å². The van der Waals surface area contributed by atoms with Crippen LogP contribution in [-0.2, 0) is 6.54 Å². The quantitative estimate of drug-likeness (QED) is 0.849. The van der Waals surface area contributed by atoms with Gasteiger partial charge in [-0.05, 0) is 35.7 Å². The van der Waals surface area contributed by atoms with Gasteiger partial charge in [0.25, 0.3) is 0 Å². The lowest BCUT2D eigenvalue weighted by Crippen LogP contribution is -2.29. The zero-order valence-electron chi connectivity index (χ0n) is 9.82. The van der Waals surface area contributed by atoms with Crippen molar-refractivity contribution in [2.45, 2.75) is 57.5 Å². The predicted molar refractivity (Wildman–Crippen MR) is 69.4 cm³/mol. The molecule has 0 radical (unpaired) electrons. The number of nitrogens with zero attached hydrogens (tertiary/aromatic N) is 2. The molecular formula is C12H20BrN3. The Labute approximate surface area is 106 Å². The summed E-state index contributed by atoms with van der Waals surface area (Å²) in [5, 5.41) is 4.39. The van der Waals surface area contributed by atoms with Crippen LogP contribution in [0.4, 0.5) is 0 Å². The van der Waals surface area contributed by atoms with Crippen LogP contribution in [0.2, 0.25) is 0 Å². The average Bonchev–Trinajstić information content (AvgIpc) is 2.51. The van der Waals surface area contributed by atoms with Gasteiger partial charge < -0.3 is 5.73 Å². The van der Waals surface area contributed by atoms with Crippen molar-refractivity contribution >= 4 is 15.9 Å². The molecule has 1 heterocycles. The molecule has 1 saturated carbocycles. The molecule has 90 valence electrons. The molecule has 0 bridgehead atoms. The van der Waals surface area contributed by atoms with Gasteiger partial charge in [0.2, 0.25) is 0 Å². The Hall–Kier alpha value is -0.350. The topological polar surface area (TPSA) is 43.8 Å². The maximum absolute atomic E-state index is 6.30. The number of aryl methyl sites for hydroxylation is 1. The first-order valence-corrected chi connectivity index (χ1v) is 7.00. The predicted octanol–water partition coefficient (Wildman–Crippen LogP) is 3.04. The molecule has 1 aliphatic carbocycles. The van der Waals surface area contributed by atoms with Crippen molar-refractivity contribution < 1.29 is 0 Å². The Morgan fingerprint density at radius 1 is 1.44 bits per heavy atom. The third kappa shape index (κ3) is 2.33. The molecular weight excluding hydrogens is 266 g/mol. The molecule has 16 heavy (non-hydrogen) atoms. The molecule has 2 N–H and O–H groups in total. The van der Waals surface area contributed by atoms with Gasteiger partial charge in [-0.1, -0.05) is 19.3 Å². The minimum Gasteiger partial charge on any atom is -0.327 e. The third-order valence-corrected chi connectivity index (χ3v) is 4.16. The van der Waals surface area contributed by atoms with Crippen LogP contribution in [0.15, 0.2) is 10.7 Å². The monoisotopic (exact) mass is 285 g/mol. The lowest BCUT2D eigenvalue weighted by molar-refractivity contribution is 0.461. The number of aromatic nitrogens is 2. The molecule has 2 atom stereocenters. The summed E-state index contributed by atoms with van der Waals surface area (Å²) in [6, 6.07) is 0.292. The summed E-state index contributed by atoms with van der Waals surface area (Å²) in [6.45, 7) is 3.05. The van der Waals surface area contributed by atoms with Gasteiger partial charge in [-0.2, -0.15) is 5.10 Å². The number of halogens is 1. The summed E-state index contributed by atoms with van der Waals surface area (Å²) < 4.78 is 3.21. The average molecular weight is 286 g/mol. The molecule has 0 aromatic carbocycles. The minimum atomic E-state index is 0.292. The Kier molecular flexibility index (Phi) is 4.03. The number of hydrogen-bond acceptors (Lipinski definition) is 2. The van der Waals surface area contributed by atoms with Crippen LogP contribution < -0.4 is 5.73 Å². The fourth-order valence-corrected chi connectivity index (χ4v) is 3.26. The maximum Gasteiger partial charge on any atom is 0.0635 e. The van der Waals surface area contributed by atoms with Crippen molar-refractivity contribution in [2.24, 2.45) is 5.73 Å². The third-order valence-electron chi connectivity index (χ3n) is 3.55. The zero-order valence-corrected chi connectivity index (χ0v) is 11.4. The van der Waals surface area contributed by atoms with E-state index >= 15 is 0 Å². The Morgan fingerprint density at radius 3 is 2.94 bits per heavy atom. The lowest BCUT2D eigenvalue weighted by atomic mass is 9.92. The number of rotatable bonds is 2. The van der Waals surface area contributed by atoms with E-state index in [0.717, 1.165) is 17.4 Å². The van der Waals surface area contributed by atoms with Gasteiger partial charge in [-0.15, -0.1) is 0 Å². The van der Waals surface area contributed by atoms with Crippen LogP contribution in [0.1, 0.15) is 50.6 Å². The molecule has 1 aromatic heterocycles. The van der Waals surface area contributed by atoms with Gasteiger partial charge in [0.05, 0.1) is 16.4 Å². The van der Waals surface area contributed by atoms with Crippen molar-refractivity contribution in [2.75, 3.05) is 0 Å². The molecule has 3 nitrogen and oxygen atoms in total. The highest BCUT2D eigenvalue weighted by molar-refractivity contribution is 9.10. The molecule has 2 unspecified atom stereocenters. The van der Waals surface area contributed by atoms with Gasteiger partial charge in [0, 0.05) is 18.5 Å². The zero-order chi connectivity index (χ0) is 11.5. The Morgan fingerprint density at radius 2 is 2.19 bits per heavy atom. The van der Waals surface area contributed by atoms with Crippen molar-refractivity contribution in [3.8, 4) is 0 Å². The van der Waals surface area contributed by atoms with Gasteiger partial charge in [-0.25, -0.2) is 0 Å². The largest absolute Gasteiger partial charge is 0.327 e. The molecule has 0 saturated heterocycles. The molecule has 0 spiro atoms. The summed E-state index contributed by atoms with van der Waals surface area (Å²) in [6.07, 6.45) is 8.13. The van der Waals surface area contributed by atoms with Gasteiger partial charge in [-0.3, -0.25) is 4.68 Å². The van der Waals surface area contributed by atoms with Crippen molar-refractivity contribution in [1.82, 2.24) is 9.78 Å². The van der Waals surface area contributed by atoms with Crippen molar-refractivity contribution in [1.29, 1.82) is 0 Å². The summed E-state index contributed by atoms with van der Waals surface area (Å²) in [7, 11) is 0. The number of hydrogen-bond donors (Lipinski definition) is 1. The molecule has 2 rings (SSSR count). The van der Waals surface area contributed by atoms with Gasteiger partial charge in [0.1, 0.15) is 0 Å². The van der Waals surface area contributed by atoms with E-state index in [1.54, 1.807) is 0 Å². The fraction of sp³-hybridized carbons (Fsp3) is 0.750. The van der Waals surface area contributed by atoms with Crippen LogP contribution in [0.25, 0.3) is 0 Å². The molecule has 1 aliphatic rings. The normalized spacial score (nSPS) is 26.7. The molecule has 1 aromatic rings. The number of nitrogens with two attached hydrogens (primary N) is 1. The van der Waals surface area contributed by atoms with Gasteiger partial charge >= 0.3 is 0 Å². The highest BCUT2D eigenvalue weighted by Crippen LogP contribution is 2.34. The smallest absolute Gasteiger partial charge is 0.0635 e. The van der Waals surface area contributed by atoms with Crippen LogP contribution in [0.3, 0.4) is 0 Å². The van der Waals surface area contributed by atoms with Crippen LogP contribution >= 0.6 is 15.9 Å².